The van der Waals surface area contributed by atoms with Gasteiger partial charge in [0.05, 0.1) is 17.2 Å². The summed E-state index contributed by atoms with van der Waals surface area (Å²) < 4.78 is 5.99. The maximum Gasteiger partial charge on any atom is 0.273 e. The minimum Gasteiger partial charge on any atom is -0.366 e. The molecule has 2 heterocycles. The minimum atomic E-state index is -0.350. The van der Waals surface area contributed by atoms with Gasteiger partial charge in [0.15, 0.2) is 0 Å². The van der Waals surface area contributed by atoms with Crippen LogP contribution in [-0.4, -0.2) is 40.1 Å². The maximum absolute atomic E-state index is 12.6. The van der Waals surface area contributed by atoms with E-state index in [4.69, 9.17) is 10.5 Å². The van der Waals surface area contributed by atoms with Crippen LogP contribution in [0.5, 0.6) is 0 Å². The highest BCUT2D eigenvalue weighted by Gasteiger charge is 2.40. The molecular weight excluding hydrogens is 274 g/mol. The first kappa shape index (κ1) is 15.4. The van der Waals surface area contributed by atoms with Gasteiger partial charge in [-0.25, -0.2) is 4.98 Å². The number of ether oxygens (including phenoxy) is 1. The smallest absolute Gasteiger partial charge is 0.273 e. The molecule has 5 nitrogen and oxygen atoms in total. The van der Waals surface area contributed by atoms with E-state index in [9.17, 15) is 4.79 Å². The molecule has 1 amide bonds. The van der Waals surface area contributed by atoms with E-state index < -0.39 is 0 Å². The number of nitrogens with two attached hydrogens (primary N) is 1. The Hall–Kier alpha value is -0.980. The van der Waals surface area contributed by atoms with E-state index in [-0.39, 0.29) is 23.2 Å². The van der Waals surface area contributed by atoms with Crippen LogP contribution in [0.2, 0.25) is 0 Å². The van der Waals surface area contributed by atoms with Crippen molar-refractivity contribution >= 4 is 17.2 Å². The molecule has 6 heteroatoms. The zero-order chi connectivity index (χ0) is 15.1. The second-order valence-corrected chi connectivity index (χ2v) is 7.53. The molecule has 0 radical (unpaired) electrons. The van der Waals surface area contributed by atoms with Crippen LogP contribution in [0.25, 0.3) is 0 Å². The first-order chi connectivity index (χ1) is 9.10. The van der Waals surface area contributed by atoms with E-state index in [1.807, 2.05) is 39.5 Å². The van der Waals surface area contributed by atoms with E-state index in [2.05, 4.69) is 4.98 Å². The van der Waals surface area contributed by atoms with Gasteiger partial charge in [0, 0.05) is 18.5 Å². The first-order valence-corrected chi connectivity index (χ1v) is 7.68. The SMILES string of the molecule is CC(N)c1nc(C(=O)N2CC(C)(C)OC(C)(C)C2)cs1. The van der Waals surface area contributed by atoms with Crippen molar-refractivity contribution in [2.24, 2.45) is 5.73 Å². The van der Waals surface area contributed by atoms with Gasteiger partial charge in [-0.1, -0.05) is 0 Å². The lowest BCUT2D eigenvalue weighted by Crippen LogP contribution is -2.58. The standard InChI is InChI=1S/C14H23N3O2S/c1-9(15)11-16-10(6-20-11)12(18)17-7-13(2,3)19-14(4,5)8-17/h6,9H,7-8,15H2,1-5H3. The summed E-state index contributed by atoms with van der Waals surface area (Å²) in [6.45, 7) is 11.0. The van der Waals surface area contributed by atoms with Crippen LogP contribution in [0.3, 0.4) is 0 Å². The number of nitrogens with zero attached hydrogens (tertiary/aromatic N) is 2. The fraction of sp³-hybridized carbons (Fsp3) is 0.714. The summed E-state index contributed by atoms with van der Waals surface area (Å²) in [6.07, 6.45) is 0. The molecule has 1 aromatic heterocycles. The Labute approximate surface area is 124 Å². The van der Waals surface area contributed by atoms with E-state index in [1.165, 1.54) is 11.3 Å². The summed E-state index contributed by atoms with van der Waals surface area (Å²) in [6, 6.07) is -0.140. The Morgan fingerprint density at radius 2 is 1.95 bits per heavy atom. The molecule has 1 atom stereocenters. The lowest BCUT2D eigenvalue weighted by Gasteiger charge is -2.46. The molecule has 0 saturated carbocycles. The number of thiazole rings is 1. The van der Waals surface area contributed by atoms with Crippen LogP contribution in [0.4, 0.5) is 0 Å². The fourth-order valence-electron chi connectivity index (χ4n) is 2.69. The summed E-state index contributed by atoms with van der Waals surface area (Å²) in [7, 11) is 0. The predicted octanol–water partition coefficient (Wildman–Crippen LogP) is 2.19. The molecule has 0 bridgehead atoms. The van der Waals surface area contributed by atoms with Crippen LogP contribution >= 0.6 is 11.3 Å². The van der Waals surface area contributed by atoms with E-state index in [1.54, 1.807) is 5.38 Å². The summed E-state index contributed by atoms with van der Waals surface area (Å²) in [5.41, 5.74) is 5.58. The van der Waals surface area contributed by atoms with Gasteiger partial charge in [0.1, 0.15) is 10.7 Å². The van der Waals surface area contributed by atoms with Crippen molar-refractivity contribution in [1.29, 1.82) is 0 Å². The van der Waals surface area contributed by atoms with E-state index in [0.29, 0.717) is 18.8 Å². The van der Waals surface area contributed by atoms with Gasteiger partial charge in [-0.15, -0.1) is 11.3 Å². The molecule has 1 aliphatic heterocycles. The molecule has 1 fully saturated rings. The monoisotopic (exact) mass is 297 g/mol. The van der Waals surface area contributed by atoms with Crippen LogP contribution in [0, 0.1) is 0 Å². The number of carbonyl (C=O) groups excluding carboxylic acids is 1. The van der Waals surface area contributed by atoms with Crippen LogP contribution in [-0.2, 0) is 4.74 Å². The normalized spacial score (nSPS) is 22.6. The van der Waals surface area contributed by atoms with E-state index >= 15 is 0 Å². The molecule has 0 aliphatic carbocycles. The minimum absolute atomic E-state index is 0.0439. The quantitative estimate of drug-likeness (QED) is 0.908. The molecule has 2 N–H and O–H groups in total. The lowest BCUT2D eigenvalue weighted by molar-refractivity contribution is -0.171. The molecule has 20 heavy (non-hydrogen) atoms. The van der Waals surface area contributed by atoms with Crippen molar-refractivity contribution in [3.05, 3.63) is 16.1 Å². The number of hydrogen-bond acceptors (Lipinski definition) is 5. The van der Waals surface area contributed by atoms with Crippen LogP contribution in [0.1, 0.15) is 56.2 Å². The average molecular weight is 297 g/mol. The van der Waals surface area contributed by atoms with Gasteiger partial charge < -0.3 is 15.4 Å². The lowest BCUT2D eigenvalue weighted by atomic mass is 9.99. The van der Waals surface area contributed by atoms with Crippen molar-refractivity contribution < 1.29 is 9.53 Å². The zero-order valence-corrected chi connectivity index (χ0v) is 13.6. The van der Waals surface area contributed by atoms with Gasteiger partial charge in [0.25, 0.3) is 5.91 Å². The Morgan fingerprint density at radius 3 is 2.40 bits per heavy atom. The molecule has 0 aromatic carbocycles. The zero-order valence-electron chi connectivity index (χ0n) is 12.8. The highest BCUT2D eigenvalue weighted by Crippen LogP contribution is 2.29. The van der Waals surface area contributed by atoms with E-state index in [0.717, 1.165) is 5.01 Å². The number of amides is 1. The Kier molecular flexibility index (Phi) is 3.92. The highest BCUT2D eigenvalue weighted by molar-refractivity contribution is 7.09. The number of aromatic nitrogens is 1. The maximum atomic E-state index is 12.6. The fourth-order valence-corrected chi connectivity index (χ4v) is 3.44. The molecular formula is C14H23N3O2S. The molecule has 1 aromatic rings. The van der Waals surface area contributed by atoms with Crippen molar-refractivity contribution in [2.75, 3.05) is 13.1 Å². The molecule has 112 valence electrons. The van der Waals surface area contributed by atoms with Crippen molar-refractivity contribution in [2.45, 2.75) is 51.9 Å². The largest absolute Gasteiger partial charge is 0.366 e. The summed E-state index contributed by atoms with van der Waals surface area (Å²) >= 11 is 1.43. The van der Waals surface area contributed by atoms with Gasteiger partial charge in [-0.3, -0.25) is 4.79 Å². The summed E-state index contributed by atoms with van der Waals surface area (Å²) in [5.74, 6) is -0.0439. The first-order valence-electron chi connectivity index (χ1n) is 6.80. The molecule has 1 saturated heterocycles. The third kappa shape index (κ3) is 3.37. The van der Waals surface area contributed by atoms with Crippen molar-refractivity contribution in [3.8, 4) is 0 Å². The third-order valence-electron chi connectivity index (χ3n) is 3.11. The number of morpholine rings is 1. The summed E-state index contributed by atoms with van der Waals surface area (Å²) in [4.78, 5) is 18.7. The Bertz CT molecular complexity index is 492. The number of carbonyl (C=O) groups is 1. The topological polar surface area (TPSA) is 68.5 Å². The Morgan fingerprint density at radius 1 is 1.40 bits per heavy atom. The summed E-state index contributed by atoms with van der Waals surface area (Å²) in [5, 5.41) is 2.58. The van der Waals surface area contributed by atoms with Crippen molar-refractivity contribution in [3.63, 3.8) is 0 Å². The Balaban J connectivity index is 2.19. The highest BCUT2D eigenvalue weighted by atomic mass is 32.1. The van der Waals surface area contributed by atoms with Crippen LogP contribution < -0.4 is 5.73 Å². The molecule has 1 unspecified atom stereocenters. The number of rotatable bonds is 2. The molecule has 0 spiro atoms. The second kappa shape index (κ2) is 5.09. The van der Waals surface area contributed by atoms with Crippen LogP contribution in [0.15, 0.2) is 5.38 Å². The predicted molar refractivity (Wildman–Crippen MR) is 79.9 cm³/mol. The van der Waals surface area contributed by atoms with Gasteiger partial charge in [0.2, 0.25) is 0 Å². The van der Waals surface area contributed by atoms with Crippen molar-refractivity contribution in [1.82, 2.24) is 9.88 Å². The van der Waals surface area contributed by atoms with Gasteiger partial charge in [-0.2, -0.15) is 0 Å². The second-order valence-electron chi connectivity index (χ2n) is 6.64. The van der Waals surface area contributed by atoms with Gasteiger partial charge in [-0.05, 0) is 34.6 Å². The number of hydrogen-bond donors (Lipinski definition) is 1. The average Bonchev–Trinajstić information content (AvgIpc) is 2.72. The molecule has 1 aliphatic rings. The molecule has 2 rings (SSSR count). The van der Waals surface area contributed by atoms with Gasteiger partial charge >= 0.3 is 0 Å². The third-order valence-corrected chi connectivity index (χ3v) is 4.16.